The van der Waals surface area contributed by atoms with Gasteiger partial charge in [-0.15, -0.1) is 0 Å². The second-order valence-corrected chi connectivity index (χ2v) is 7.83. The predicted octanol–water partition coefficient (Wildman–Crippen LogP) is 5.72. The summed E-state index contributed by atoms with van der Waals surface area (Å²) in [5.41, 5.74) is 4.14. The Balaban J connectivity index is 1.71. The number of rotatable bonds is 5. The van der Waals surface area contributed by atoms with E-state index in [0.717, 1.165) is 47.6 Å². The lowest BCUT2D eigenvalue weighted by Crippen LogP contribution is -2.40. The zero-order chi connectivity index (χ0) is 21.1. The van der Waals surface area contributed by atoms with Crippen LogP contribution in [0.15, 0.2) is 54.6 Å². The number of unbranched alkanes of at least 4 members (excludes halogenated alkanes) is 3. The van der Waals surface area contributed by atoms with Crippen LogP contribution in [0.1, 0.15) is 70.0 Å². The van der Waals surface area contributed by atoms with Gasteiger partial charge in [-0.2, -0.15) is 0 Å². The van der Waals surface area contributed by atoms with Crippen LogP contribution in [0.4, 0.5) is 0 Å². The summed E-state index contributed by atoms with van der Waals surface area (Å²) in [7, 11) is 0. The molecule has 0 bridgehead atoms. The average molecular weight is 396 g/mol. The molecule has 0 saturated heterocycles. The summed E-state index contributed by atoms with van der Waals surface area (Å²) < 4.78 is 0. The van der Waals surface area contributed by atoms with Gasteiger partial charge in [0.15, 0.2) is 0 Å². The van der Waals surface area contributed by atoms with E-state index in [0.29, 0.717) is 17.7 Å². The number of imide groups is 1. The van der Waals surface area contributed by atoms with E-state index in [9.17, 15) is 9.59 Å². The van der Waals surface area contributed by atoms with E-state index < -0.39 is 0 Å². The number of hydrogen-bond acceptors (Lipinski definition) is 2. The first-order valence-electron chi connectivity index (χ1n) is 10.6. The molecule has 3 nitrogen and oxygen atoms in total. The molecule has 4 rings (SSSR count). The molecule has 0 aliphatic carbocycles. The van der Waals surface area contributed by atoms with Crippen molar-refractivity contribution >= 4 is 22.6 Å². The van der Waals surface area contributed by atoms with Gasteiger partial charge >= 0.3 is 0 Å². The maximum Gasteiger partial charge on any atom is 0.261 e. The van der Waals surface area contributed by atoms with Gasteiger partial charge in [0.25, 0.3) is 11.8 Å². The van der Waals surface area contributed by atoms with E-state index in [1.54, 1.807) is 0 Å². The third-order valence-electron chi connectivity index (χ3n) is 5.62. The standard InChI is InChI=1S/C27H25NO2/c1-3-4-5-6-18-28-26(29)23-9-7-8-22-21(16-17-24(25(22)23)27(28)30)15-14-20-12-10-19(2)11-13-20/h7-13,16-17H,3-6,18H2,1-2H3. The van der Waals surface area contributed by atoms with Gasteiger partial charge in [-0.05, 0) is 49.1 Å². The molecule has 0 radical (unpaired) electrons. The number of amides is 2. The molecule has 0 saturated carbocycles. The number of nitrogens with zero attached hydrogens (tertiary/aromatic N) is 1. The first-order valence-corrected chi connectivity index (χ1v) is 10.6. The lowest BCUT2D eigenvalue weighted by atomic mass is 9.91. The Kier molecular flexibility index (Phi) is 5.68. The minimum Gasteiger partial charge on any atom is -0.274 e. The van der Waals surface area contributed by atoms with Crippen molar-refractivity contribution in [1.29, 1.82) is 0 Å². The number of carbonyl (C=O) groups is 2. The van der Waals surface area contributed by atoms with Gasteiger partial charge in [0.2, 0.25) is 0 Å². The molecule has 1 heterocycles. The molecule has 2 amide bonds. The predicted molar refractivity (Wildman–Crippen MR) is 121 cm³/mol. The van der Waals surface area contributed by atoms with Crippen molar-refractivity contribution < 1.29 is 9.59 Å². The van der Waals surface area contributed by atoms with E-state index in [-0.39, 0.29) is 11.8 Å². The van der Waals surface area contributed by atoms with Gasteiger partial charge in [0, 0.05) is 34.2 Å². The molecule has 3 aromatic carbocycles. The highest BCUT2D eigenvalue weighted by Gasteiger charge is 2.32. The zero-order valence-electron chi connectivity index (χ0n) is 17.5. The first-order chi connectivity index (χ1) is 14.6. The normalized spacial score (nSPS) is 12.8. The molecule has 0 spiro atoms. The van der Waals surface area contributed by atoms with Crippen molar-refractivity contribution in [3.63, 3.8) is 0 Å². The first kappa shape index (κ1) is 19.9. The Morgan fingerprint density at radius 2 is 1.53 bits per heavy atom. The molecule has 1 aliphatic heterocycles. The number of hydrogen-bond donors (Lipinski definition) is 0. The highest BCUT2D eigenvalue weighted by atomic mass is 16.2. The number of aryl methyl sites for hydroxylation is 1. The van der Waals surface area contributed by atoms with E-state index in [4.69, 9.17) is 0 Å². The van der Waals surface area contributed by atoms with Gasteiger partial charge in [-0.3, -0.25) is 14.5 Å². The topological polar surface area (TPSA) is 37.4 Å². The van der Waals surface area contributed by atoms with Gasteiger partial charge in [-0.1, -0.05) is 67.9 Å². The summed E-state index contributed by atoms with van der Waals surface area (Å²) in [6, 6.07) is 17.4. The molecule has 0 aromatic heterocycles. The van der Waals surface area contributed by atoms with Crippen LogP contribution in [0.25, 0.3) is 10.8 Å². The van der Waals surface area contributed by atoms with Gasteiger partial charge < -0.3 is 0 Å². The molecule has 0 fully saturated rings. The van der Waals surface area contributed by atoms with Crippen LogP contribution in [0, 0.1) is 18.8 Å². The van der Waals surface area contributed by atoms with Crippen molar-refractivity contribution in [3.05, 3.63) is 82.4 Å². The van der Waals surface area contributed by atoms with E-state index in [1.165, 1.54) is 10.5 Å². The second-order valence-electron chi connectivity index (χ2n) is 7.83. The molecule has 150 valence electrons. The molecule has 1 aliphatic rings. The Bertz CT molecular complexity index is 1160. The average Bonchev–Trinajstić information content (AvgIpc) is 2.76. The smallest absolute Gasteiger partial charge is 0.261 e. The zero-order valence-corrected chi connectivity index (χ0v) is 17.5. The lowest BCUT2D eigenvalue weighted by molar-refractivity contribution is 0.0608. The largest absolute Gasteiger partial charge is 0.274 e. The van der Waals surface area contributed by atoms with Crippen molar-refractivity contribution in [1.82, 2.24) is 4.90 Å². The highest BCUT2D eigenvalue weighted by Crippen LogP contribution is 2.32. The monoisotopic (exact) mass is 395 g/mol. The van der Waals surface area contributed by atoms with E-state index >= 15 is 0 Å². The molecular weight excluding hydrogens is 370 g/mol. The fraction of sp³-hybridized carbons (Fsp3) is 0.259. The maximum atomic E-state index is 13.1. The molecule has 0 atom stereocenters. The van der Waals surface area contributed by atoms with Crippen molar-refractivity contribution in [2.45, 2.75) is 39.5 Å². The summed E-state index contributed by atoms with van der Waals surface area (Å²) in [5, 5.41) is 1.59. The van der Waals surface area contributed by atoms with Crippen LogP contribution in [0.2, 0.25) is 0 Å². The molecule has 30 heavy (non-hydrogen) atoms. The third kappa shape index (κ3) is 3.74. The Labute approximate surface area is 177 Å². The van der Waals surface area contributed by atoms with Crippen LogP contribution >= 0.6 is 0 Å². The fourth-order valence-corrected chi connectivity index (χ4v) is 3.93. The van der Waals surface area contributed by atoms with E-state index in [2.05, 4.69) is 18.8 Å². The Morgan fingerprint density at radius 1 is 0.800 bits per heavy atom. The van der Waals surface area contributed by atoms with Crippen molar-refractivity contribution in [2.75, 3.05) is 6.54 Å². The second kappa shape index (κ2) is 8.55. The van der Waals surface area contributed by atoms with Crippen LogP contribution in [-0.2, 0) is 0 Å². The van der Waals surface area contributed by atoms with Crippen LogP contribution in [0.3, 0.4) is 0 Å². The summed E-state index contributed by atoms with van der Waals surface area (Å²) in [6.45, 7) is 4.67. The van der Waals surface area contributed by atoms with Crippen LogP contribution in [-0.4, -0.2) is 23.3 Å². The van der Waals surface area contributed by atoms with Crippen LogP contribution in [0.5, 0.6) is 0 Å². The summed E-state index contributed by atoms with van der Waals surface area (Å²) in [5.74, 6) is 6.03. The van der Waals surface area contributed by atoms with Gasteiger partial charge in [0.05, 0.1) is 0 Å². The van der Waals surface area contributed by atoms with Gasteiger partial charge in [0.1, 0.15) is 0 Å². The van der Waals surface area contributed by atoms with Gasteiger partial charge in [-0.25, -0.2) is 0 Å². The number of benzene rings is 3. The quantitative estimate of drug-likeness (QED) is 0.315. The minimum atomic E-state index is -0.196. The summed E-state index contributed by atoms with van der Waals surface area (Å²) in [4.78, 5) is 27.5. The molecule has 0 unspecified atom stereocenters. The molecule has 3 heteroatoms. The molecule has 0 N–H and O–H groups in total. The summed E-state index contributed by atoms with van der Waals surface area (Å²) in [6.07, 6.45) is 4.11. The third-order valence-corrected chi connectivity index (χ3v) is 5.62. The van der Waals surface area contributed by atoms with E-state index in [1.807, 2.05) is 61.5 Å². The minimum absolute atomic E-state index is 0.196. The van der Waals surface area contributed by atoms with Crippen molar-refractivity contribution in [2.24, 2.45) is 0 Å². The van der Waals surface area contributed by atoms with Crippen LogP contribution < -0.4 is 0 Å². The van der Waals surface area contributed by atoms with Crippen molar-refractivity contribution in [3.8, 4) is 11.8 Å². The SMILES string of the molecule is CCCCCCN1C(=O)c2cccc3c(C#Cc4ccc(C)cc4)ccc(c23)C1=O. The Hall–Kier alpha value is -3.38. The molecular formula is C27H25NO2. The molecule has 3 aromatic rings. The maximum absolute atomic E-state index is 13.1. The lowest BCUT2D eigenvalue weighted by Gasteiger charge is -2.27. The number of carbonyl (C=O) groups excluding carboxylic acids is 2. The summed E-state index contributed by atoms with van der Waals surface area (Å²) >= 11 is 0. The highest BCUT2D eigenvalue weighted by molar-refractivity contribution is 6.26. The fourth-order valence-electron chi connectivity index (χ4n) is 3.93. The Morgan fingerprint density at radius 3 is 2.27 bits per heavy atom.